The number of carbonyl (C=O) groups is 2. The number of benzene rings is 7. The molecule has 7 aromatic carbocycles. The molecule has 56 heavy (non-hydrogen) atoms. The van der Waals surface area contributed by atoms with Gasteiger partial charge in [0.1, 0.15) is 0 Å². The fraction of sp³-hybridized carbons (Fsp3) is 0. The number of nitrogens with two attached hydrogens (primary N) is 2. The van der Waals surface area contributed by atoms with Crippen LogP contribution < -0.4 is 11.5 Å². The number of fused-ring (bicyclic) bond motifs is 3. The van der Waals surface area contributed by atoms with Gasteiger partial charge in [-0.05, 0) is 80.9 Å². The summed E-state index contributed by atoms with van der Waals surface area (Å²) in [6, 6.07) is 60.5. The van der Waals surface area contributed by atoms with Gasteiger partial charge < -0.3 is 11.5 Å². The van der Waals surface area contributed by atoms with Crippen molar-refractivity contribution in [1.29, 1.82) is 0 Å². The molecule has 4 N–H and O–H groups in total. The van der Waals surface area contributed by atoms with Gasteiger partial charge in [-0.15, -0.1) is 0 Å². The van der Waals surface area contributed by atoms with E-state index >= 15 is 0 Å². The molecule has 9 aromatic rings. The number of nitrogens with zero attached hydrogens (tertiary/aromatic N) is 2. The second-order valence-corrected chi connectivity index (χ2v) is 13.7. The smallest absolute Gasteiger partial charge is 0.248 e. The van der Waals surface area contributed by atoms with Crippen LogP contribution in [0.5, 0.6) is 0 Å². The lowest BCUT2D eigenvalue weighted by molar-refractivity contribution is 0.0992. The summed E-state index contributed by atoms with van der Waals surface area (Å²) >= 11 is 0. The molecule has 0 unspecified atom stereocenters. The Balaban J connectivity index is 1.29. The van der Waals surface area contributed by atoms with Crippen LogP contribution in [-0.4, -0.2) is 21.8 Å². The van der Waals surface area contributed by atoms with Crippen LogP contribution in [0.2, 0.25) is 0 Å². The van der Waals surface area contributed by atoms with E-state index in [1.165, 1.54) is 0 Å². The summed E-state index contributed by atoms with van der Waals surface area (Å²) in [5, 5.41) is 1.82. The van der Waals surface area contributed by atoms with Crippen molar-refractivity contribution >= 4 is 33.6 Å². The summed E-state index contributed by atoms with van der Waals surface area (Å²) in [5.41, 5.74) is 25.3. The van der Waals surface area contributed by atoms with Crippen molar-refractivity contribution in [2.45, 2.75) is 0 Å². The summed E-state index contributed by atoms with van der Waals surface area (Å²) in [7, 11) is 0. The molecule has 0 aliphatic carbocycles. The van der Waals surface area contributed by atoms with E-state index in [1.54, 1.807) is 24.3 Å². The third-order valence-corrected chi connectivity index (χ3v) is 10.3. The van der Waals surface area contributed by atoms with Crippen LogP contribution in [-0.2, 0) is 0 Å². The third kappa shape index (κ3) is 6.46. The van der Waals surface area contributed by atoms with Gasteiger partial charge in [0.15, 0.2) is 0 Å². The minimum absolute atomic E-state index is 0.436. The van der Waals surface area contributed by atoms with Crippen molar-refractivity contribution in [1.82, 2.24) is 9.97 Å². The molecule has 0 aliphatic rings. The zero-order chi connectivity index (χ0) is 38.2. The van der Waals surface area contributed by atoms with E-state index < -0.39 is 11.8 Å². The van der Waals surface area contributed by atoms with Crippen molar-refractivity contribution in [3.05, 3.63) is 193 Å². The molecule has 0 saturated carbocycles. The van der Waals surface area contributed by atoms with E-state index in [1.807, 2.05) is 60.7 Å². The molecule has 2 amide bonds. The van der Waals surface area contributed by atoms with E-state index in [-0.39, 0.29) is 0 Å². The lowest BCUT2D eigenvalue weighted by Gasteiger charge is -2.16. The van der Waals surface area contributed by atoms with Gasteiger partial charge in [0.2, 0.25) is 11.8 Å². The van der Waals surface area contributed by atoms with Crippen LogP contribution in [0.1, 0.15) is 20.7 Å². The standard InChI is InChI=1S/C50H34N4O2/c51-49(55)39-23-15-35(16-24-39)43-29-45(37-19-11-33(12-20-37)31-7-3-1-4-8-31)53-47-41(43)27-28-42-44(36-17-25-40(26-18-36)50(52)56)30-46(54-48(42)47)38-21-13-34(14-22-38)32-9-5-2-6-10-32/h1-30H,(H2,51,55)(H2,52,56). The molecule has 6 nitrogen and oxygen atoms in total. The predicted octanol–water partition coefficient (Wildman–Crippen LogP) is 11.0. The molecule has 0 atom stereocenters. The highest BCUT2D eigenvalue weighted by Crippen LogP contribution is 2.40. The van der Waals surface area contributed by atoms with Crippen molar-refractivity contribution in [2.75, 3.05) is 0 Å². The molecule has 0 spiro atoms. The third-order valence-electron chi connectivity index (χ3n) is 10.3. The number of carbonyl (C=O) groups excluding carboxylic acids is 2. The molecule has 2 heterocycles. The van der Waals surface area contributed by atoms with Gasteiger partial charge in [-0.25, -0.2) is 9.97 Å². The Hall–Kier alpha value is -7.70. The van der Waals surface area contributed by atoms with Crippen molar-refractivity contribution in [2.24, 2.45) is 11.5 Å². The van der Waals surface area contributed by atoms with Gasteiger partial charge in [-0.3, -0.25) is 9.59 Å². The van der Waals surface area contributed by atoms with Gasteiger partial charge in [-0.2, -0.15) is 0 Å². The van der Waals surface area contributed by atoms with Crippen LogP contribution in [0.3, 0.4) is 0 Å². The Morgan fingerprint density at radius 3 is 0.982 bits per heavy atom. The van der Waals surface area contributed by atoms with E-state index in [0.29, 0.717) is 11.1 Å². The van der Waals surface area contributed by atoms with Gasteiger partial charge in [0, 0.05) is 33.0 Å². The highest BCUT2D eigenvalue weighted by Gasteiger charge is 2.18. The van der Waals surface area contributed by atoms with Gasteiger partial charge in [0.25, 0.3) is 0 Å². The zero-order valence-electron chi connectivity index (χ0n) is 30.2. The minimum atomic E-state index is -0.480. The average molecular weight is 723 g/mol. The Morgan fingerprint density at radius 1 is 0.339 bits per heavy atom. The van der Waals surface area contributed by atoms with E-state index in [4.69, 9.17) is 21.4 Å². The molecule has 0 aliphatic heterocycles. The summed E-state index contributed by atoms with van der Waals surface area (Å²) in [6.45, 7) is 0. The predicted molar refractivity (Wildman–Crippen MR) is 227 cm³/mol. The first-order chi connectivity index (χ1) is 27.4. The zero-order valence-corrected chi connectivity index (χ0v) is 30.2. The highest BCUT2D eigenvalue weighted by molar-refractivity contribution is 6.13. The first-order valence-corrected chi connectivity index (χ1v) is 18.3. The Labute approximate surface area is 323 Å². The second-order valence-electron chi connectivity index (χ2n) is 13.7. The maximum absolute atomic E-state index is 12.0. The minimum Gasteiger partial charge on any atom is -0.366 e. The molecule has 266 valence electrons. The topological polar surface area (TPSA) is 112 Å². The molecule has 0 saturated heterocycles. The first kappa shape index (κ1) is 34.1. The van der Waals surface area contributed by atoms with Gasteiger partial charge in [0.05, 0.1) is 22.4 Å². The maximum atomic E-state index is 12.0. The van der Waals surface area contributed by atoms with Gasteiger partial charge in [-0.1, -0.05) is 146 Å². The van der Waals surface area contributed by atoms with Crippen LogP contribution in [0, 0.1) is 0 Å². The fourth-order valence-corrected chi connectivity index (χ4v) is 7.30. The lowest BCUT2D eigenvalue weighted by atomic mass is 9.93. The maximum Gasteiger partial charge on any atom is 0.248 e. The van der Waals surface area contributed by atoms with E-state index in [9.17, 15) is 9.59 Å². The number of rotatable bonds is 8. The second kappa shape index (κ2) is 14.3. The molecular formula is C50H34N4O2. The molecule has 0 fully saturated rings. The molecule has 0 radical (unpaired) electrons. The fourth-order valence-electron chi connectivity index (χ4n) is 7.30. The number of primary amides is 2. The monoisotopic (exact) mass is 722 g/mol. The van der Waals surface area contributed by atoms with E-state index in [2.05, 4.69) is 97.1 Å². The molecule has 2 aromatic heterocycles. The quantitative estimate of drug-likeness (QED) is 0.152. The number of hydrogen-bond acceptors (Lipinski definition) is 4. The van der Waals surface area contributed by atoms with Crippen LogP contribution >= 0.6 is 0 Å². The number of amides is 2. The van der Waals surface area contributed by atoms with Crippen molar-refractivity contribution in [3.8, 4) is 67.0 Å². The molecule has 9 rings (SSSR count). The SMILES string of the molecule is NC(=O)c1ccc(-c2cc(-c3ccc(-c4ccccc4)cc3)nc3c2ccc2c(-c4ccc(C(N)=O)cc4)cc(-c4ccc(-c5ccccc5)cc4)nc23)cc1. The Kier molecular flexibility index (Phi) is 8.69. The highest BCUT2D eigenvalue weighted by atomic mass is 16.1. The molecule has 6 heteroatoms. The summed E-state index contributed by atoms with van der Waals surface area (Å²) in [4.78, 5) is 34.7. The van der Waals surface area contributed by atoms with Crippen molar-refractivity contribution < 1.29 is 9.59 Å². The summed E-state index contributed by atoms with van der Waals surface area (Å²) in [5.74, 6) is -0.961. The summed E-state index contributed by atoms with van der Waals surface area (Å²) in [6.07, 6.45) is 0. The average Bonchev–Trinajstić information content (AvgIpc) is 3.26. The first-order valence-electron chi connectivity index (χ1n) is 18.3. The van der Waals surface area contributed by atoms with Crippen LogP contribution in [0.25, 0.3) is 88.8 Å². The Bertz CT molecular complexity index is 2700. The normalized spacial score (nSPS) is 11.1. The Morgan fingerprint density at radius 2 is 0.643 bits per heavy atom. The van der Waals surface area contributed by atoms with Crippen LogP contribution in [0.15, 0.2) is 182 Å². The lowest BCUT2D eigenvalue weighted by Crippen LogP contribution is -2.10. The molecule has 0 bridgehead atoms. The van der Waals surface area contributed by atoms with Gasteiger partial charge >= 0.3 is 0 Å². The number of pyridine rings is 2. The molecular weight excluding hydrogens is 689 g/mol. The van der Waals surface area contributed by atoms with Crippen molar-refractivity contribution in [3.63, 3.8) is 0 Å². The number of hydrogen-bond donors (Lipinski definition) is 2. The number of aromatic nitrogens is 2. The summed E-state index contributed by atoms with van der Waals surface area (Å²) < 4.78 is 0. The largest absolute Gasteiger partial charge is 0.366 e. The van der Waals surface area contributed by atoms with E-state index in [0.717, 1.165) is 88.8 Å². The van der Waals surface area contributed by atoms with Crippen LogP contribution in [0.4, 0.5) is 0 Å².